The number of carboxylic acids is 1. The van der Waals surface area contributed by atoms with Crippen molar-refractivity contribution in [3.63, 3.8) is 0 Å². The van der Waals surface area contributed by atoms with Crippen molar-refractivity contribution < 1.29 is 29.0 Å². The molecule has 2 amide bonds. The molecule has 2 rings (SSSR count). The van der Waals surface area contributed by atoms with Crippen LogP contribution in [0.5, 0.6) is 11.5 Å². The molecule has 0 fully saturated rings. The number of rotatable bonds is 9. The Balaban J connectivity index is 1.81. The van der Waals surface area contributed by atoms with Crippen LogP contribution in [0.15, 0.2) is 42.5 Å². The maximum Gasteiger partial charge on any atom is 0.336 e. The van der Waals surface area contributed by atoms with Gasteiger partial charge in [-0.1, -0.05) is 18.2 Å². The number of carbonyl (C=O) groups excluding carboxylic acids is 2. The smallest absolute Gasteiger partial charge is 0.336 e. The number of nitrogens with one attached hydrogen (secondary N) is 2. The molecule has 28 heavy (non-hydrogen) atoms. The van der Waals surface area contributed by atoms with Crippen molar-refractivity contribution in [2.24, 2.45) is 0 Å². The van der Waals surface area contributed by atoms with Gasteiger partial charge in [0.2, 0.25) is 5.91 Å². The van der Waals surface area contributed by atoms with E-state index in [-0.39, 0.29) is 36.5 Å². The molecule has 0 aliphatic carbocycles. The first-order valence-corrected chi connectivity index (χ1v) is 8.54. The standard InChI is InChI=1S/C20H22N2O6/c1-27-16-8-7-13(11-17(16)28-2)12-18(23)21-9-10-22-19(24)14-5-3-4-6-15(14)20(25)26/h3-8,11H,9-10,12H2,1-2H3,(H,21,23)(H,22,24)(H,25,26). The molecular weight excluding hydrogens is 364 g/mol. The Morgan fingerprint density at radius 3 is 2.18 bits per heavy atom. The maximum atomic E-state index is 12.1. The third kappa shape index (κ3) is 5.47. The quantitative estimate of drug-likeness (QED) is 0.563. The highest BCUT2D eigenvalue weighted by Gasteiger charge is 2.15. The van der Waals surface area contributed by atoms with Crippen LogP contribution in [0.4, 0.5) is 0 Å². The minimum Gasteiger partial charge on any atom is -0.493 e. The van der Waals surface area contributed by atoms with Crippen molar-refractivity contribution in [3.05, 3.63) is 59.2 Å². The second-order valence-corrected chi connectivity index (χ2v) is 5.82. The number of benzene rings is 2. The molecule has 8 nitrogen and oxygen atoms in total. The van der Waals surface area contributed by atoms with E-state index in [1.165, 1.54) is 26.4 Å². The maximum absolute atomic E-state index is 12.1. The fourth-order valence-electron chi connectivity index (χ4n) is 2.58. The SMILES string of the molecule is COc1ccc(CC(=O)NCCNC(=O)c2ccccc2C(=O)O)cc1OC. The van der Waals surface area contributed by atoms with Gasteiger partial charge in [-0.05, 0) is 29.8 Å². The molecule has 0 aliphatic heterocycles. The van der Waals surface area contributed by atoms with E-state index in [2.05, 4.69) is 10.6 Å². The van der Waals surface area contributed by atoms with E-state index in [0.717, 1.165) is 5.56 Å². The van der Waals surface area contributed by atoms with E-state index >= 15 is 0 Å². The minimum absolute atomic E-state index is 0.0718. The van der Waals surface area contributed by atoms with Crippen molar-refractivity contribution in [2.45, 2.75) is 6.42 Å². The topological polar surface area (TPSA) is 114 Å². The van der Waals surface area contributed by atoms with Gasteiger partial charge in [0.15, 0.2) is 11.5 Å². The second-order valence-electron chi connectivity index (χ2n) is 5.82. The van der Waals surface area contributed by atoms with Crippen LogP contribution in [-0.4, -0.2) is 50.2 Å². The van der Waals surface area contributed by atoms with Crippen LogP contribution in [0.2, 0.25) is 0 Å². The van der Waals surface area contributed by atoms with Crippen molar-refractivity contribution in [1.82, 2.24) is 10.6 Å². The molecule has 148 valence electrons. The van der Waals surface area contributed by atoms with Crippen molar-refractivity contribution in [1.29, 1.82) is 0 Å². The number of aromatic carboxylic acids is 1. The third-order valence-corrected chi connectivity index (χ3v) is 3.95. The van der Waals surface area contributed by atoms with Crippen molar-refractivity contribution >= 4 is 17.8 Å². The van der Waals surface area contributed by atoms with Crippen LogP contribution in [0.25, 0.3) is 0 Å². The molecule has 0 heterocycles. The summed E-state index contributed by atoms with van der Waals surface area (Å²) in [7, 11) is 3.06. The van der Waals surface area contributed by atoms with E-state index in [1.807, 2.05) is 0 Å². The number of amides is 2. The summed E-state index contributed by atoms with van der Waals surface area (Å²) in [5.41, 5.74) is 0.763. The molecular formula is C20H22N2O6. The van der Waals surface area contributed by atoms with Gasteiger partial charge in [0.25, 0.3) is 5.91 Å². The first kappa shape index (κ1) is 20.8. The largest absolute Gasteiger partial charge is 0.493 e. The number of methoxy groups -OCH3 is 2. The highest BCUT2D eigenvalue weighted by atomic mass is 16.5. The van der Waals surface area contributed by atoms with Crippen LogP contribution < -0.4 is 20.1 Å². The van der Waals surface area contributed by atoms with E-state index < -0.39 is 11.9 Å². The summed E-state index contributed by atoms with van der Waals surface area (Å²) >= 11 is 0. The third-order valence-electron chi connectivity index (χ3n) is 3.95. The summed E-state index contributed by atoms with van der Waals surface area (Å²) < 4.78 is 10.4. The lowest BCUT2D eigenvalue weighted by Gasteiger charge is -2.10. The highest BCUT2D eigenvalue weighted by Crippen LogP contribution is 2.27. The van der Waals surface area contributed by atoms with Gasteiger partial charge in [-0.15, -0.1) is 0 Å². The van der Waals surface area contributed by atoms with E-state index in [0.29, 0.717) is 11.5 Å². The Morgan fingerprint density at radius 1 is 0.893 bits per heavy atom. The molecule has 2 aromatic carbocycles. The van der Waals surface area contributed by atoms with Gasteiger partial charge in [-0.25, -0.2) is 4.79 Å². The zero-order chi connectivity index (χ0) is 20.5. The van der Waals surface area contributed by atoms with E-state index in [4.69, 9.17) is 14.6 Å². The number of ether oxygens (including phenoxy) is 2. The van der Waals surface area contributed by atoms with Gasteiger partial charge in [0.05, 0.1) is 31.8 Å². The van der Waals surface area contributed by atoms with Gasteiger partial charge in [0, 0.05) is 13.1 Å². The number of carbonyl (C=O) groups is 3. The first-order valence-electron chi connectivity index (χ1n) is 8.54. The molecule has 0 atom stereocenters. The molecule has 3 N–H and O–H groups in total. The second kappa shape index (κ2) is 9.96. The average molecular weight is 386 g/mol. The normalized spacial score (nSPS) is 10.1. The van der Waals surface area contributed by atoms with Gasteiger partial charge >= 0.3 is 5.97 Å². The lowest BCUT2D eigenvalue weighted by Crippen LogP contribution is -2.35. The van der Waals surface area contributed by atoms with Crippen LogP contribution in [0.3, 0.4) is 0 Å². The lowest BCUT2D eigenvalue weighted by molar-refractivity contribution is -0.120. The molecule has 0 aromatic heterocycles. The van der Waals surface area contributed by atoms with Crippen LogP contribution >= 0.6 is 0 Å². The monoisotopic (exact) mass is 386 g/mol. The summed E-state index contributed by atoms with van der Waals surface area (Å²) in [6.07, 6.45) is 0.149. The summed E-state index contributed by atoms with van der Waals surface area (Å²) in [4.78, 5) is 35.3. The summed E-state index contributed by atoms with van der Waals surface area (Å²) in [5.74, 6) is -0.776. The first-order chi connectivity index (χ1) is 13.5. The lowest BCUT2D eigenvalue weighted by atomic mass is 10.1. The summed E-state index contributed by atoms with van der Waals surface area (Å²) in [6.45, 7) is 0.386. The van der Waals surface area contributed by atoms with Gasteiger partial charge in [0.1, 0.15) is 0 Å². The molecule has 0 aliphatic rings. The van der Waals surface area contributed by atoms with Crippen LogP contribution in [-0.2, 0) is 11.2 Å². The predicted octanol–water partition coefficient (Wildman–Crippen LogP) is 1.49. The summed E-state index contributed by atoms with van der Waals surface area (Å²) in [6, 6.07) is 11.2. The Kier molecular flexibility index (Phi) is 7.38. The molecule has 2 aromatic rings. The fraction of sp³-hybridized carbons (Fsp3) is 0.250. The van der Waals surface area contributed by atoms with Crippen LogP contribution in [0, 0.1) is 0 Å². The molecule has 8 heteroatoms. The Hall–Kier alpha value is -3.55. The average Bonchev–Trinajstić information content (AvgIpc) is 2.70. The molecule has 0 saturated heterocycles. The molecule has 0 unspecified atom stereocenters. The van der Waals surface area contributed by atoms with Gasteiger partial charge < -0.3 is 25.2 Å². The zero-order valence-electron chi connectivity index (χ0n) is 15.7. The molecule has 0 bridgehead atoms. The van der Waals surface area contributed by atoms with Crippen LogP contribution in [0.1, 0.15) is 26.3 Å². The van der Waals surface area contributed by atoms with Crippen molar-refractivity contribution in [3.8, 4) is 11.5 Å². The molecule has 0 spiro atoms. The summed E-state index contributed by atoms with van der Waals surface area (Å²) in [5, 5.41) is 14.4. The molecule has 0 radical (unpaired) electrons. The van der Waals surface area contributed by atoms with Crippen molar-refractivity contribution in [2.75, 3.05) is 27.3 Å². The van der Waals surface area contributed by atoms with Gasteiger partial charge in [-0.3, -0.25) is 9.59 Å². The Labute approximate surface area is 162 Å². The zero-order valence-corrected chi connectivity index (χ0v) is 15.7. The van der Waals surface area contributed by atoms with E-state index in [1.54, 1.807) is 30.3 Å². The number of hydrogen-bond acceptors (Lipinski definition) is 5. The Bertz CT molecular complexity index is 866. The predicted molar refractivity (Wildman–Crippen MR) is 102 cm³/mol. The highest BCUT2D eigenvalue weighted by molar-refractivity contribution is 6.04. The number of hydrogen-bond donors (Lipinski definition) is 3. The Morgan fingerprint density at radius 2 is 1.54 bits per heavy atom. The fourth-order valence-corrected chi connectivity index (χ4v) is 2.58. The number of carboxylic acid groups (broad SMARTS) is 1. The van der Waals surface area contributed by atoms with Gasteiger partial charge in [-0.2, -0.15) is 0 Å². The minimum atomic E-state index is -1.17. The van der Waals surface area contributed by atoms with E-state index in [9.17, 15) is 14.4 Å². The molecule has 0 saturated carbocycles.